The number of alkyl halides is 3. The number of nitrogens with zero attached hydrogens (tertiary/aromatic N) is 2. The third-order valence-electron chi connectivity index (χ3n) is 3.30. The summed E-state index contributed by atoms with van der Waals surface area (Å²) in [5.74, 6) is 1.29. The second-order valence-electron chi connectivity index (χ2n) is 5.20. The van der Waals surface area contributed by atoms with Crippen molar-refractivity contribution in [1.29, 1.82) is 0 Å². The van der Waals surface area contributed by atoms with Crippen LogP contribution in [0.15, 0.2) is 28.8 Å². The van der Waals surface area contributed by atoms with Gasteiger partial charge in [0.1, 0.15) is 0 Å². The first-order valence-corrected chi connectivity index (χ1v) is 6.96. The minimum atomic E-state index is -4.40. The van der Waals surface area contributed by atoms with Crippen LogP contribution in [0.25, 0.3) is 0 Å². The van der Waals surface area contributed by atoms with Crippen molar-refractivity contribution in [2.24, 2.45) is 0 Å². The standard InChI is InChI=1S/C14H13F3N4O2/c15-14(16,17)9-3-5-10(6-4-9)19-13(22)18-7-11-20-12(21-23-11)8-1-2-8/h3-6,8H,1-2,7H2,(H2,18,19,22). The fourth-order valence-corrected chi connectivity index (χ4v) is 1.92. The van der Waals surface area contributed by atoms with Gasteiger partial charge in [0, 0.05) is 11.6 Å². The van der Waals surface area contributed by atoms with Crippen molar-refractivity contribution in [2.45, 2.75) is 31.5 Å². The van der Waals surface area contributed by atoms with Crippen molar-refractivity contribution in [1.82, 2.24) is 15.5 Å². The maximum atomic E-state index is 12.4. The van der Waals surface area contributed by atoms with Crippen LogP contribution in [0.3, 0.4) is 0 Å². The minimum Gasteiger partial charge on any atom is -0.337 e. The number of rotatable bonds is 4. The average molecular weight is 326 g/mol. The third-order valence-corrected chi connectivity index (χ3v) is 3.30. The number of urea groups is 1. The molecule has 3 rings (SSSR count). The van der Waals surface area contributed by atoms with E-state index in [0.29, 0.717) is 11.7 Å². The first kappa shape index (κ1) is 15.3. The fourth-order valence-electron chi connectivity index (χ4n) is 1.92. The number of carbonyl (C=O) groups is 1. The van der Waals surface area contributed by atoms with Crippen molar-refractivity contribution in [2.75, 3.05) is 5.32 Å². The second-order valence-corrected chi connectivity index (χ2v) is 5.20. The van der Waals surface area contributed by atoms with E-state index in [9.17, 15) is 18.0 Å². The van der Waals surface area contributed by atoms with Gasteiger partial charge < -0.3 is 15.2 Å². The number of halogens is 3. The van der Waals surface area contributed by atoms with Gasteiger partial charge in [0.15, 0.2) is 5.82 Å². The van der Waals surface area contributed by atoms with E-state index in [1.54, 1.807) is 0 Å². The highest BCUT2D eigenvalue weighted by Crippen LogP contribution is 2.38. The summed E-state index contributed by atoms with van der Waals surface area (Å²) in [5, 5.41) is 8.73. The minimum absolute atomic E-state index is 0.0478. The quantitative estimate of drug-likeness (QED) is 0.903. The molecule has 0 unspecified atom stereocenters. The molecule has 2 N–H and O–H groups in total. The molecule has 1 aliphatic rings. The predicted octanol–water partition coefficient (Wildman–Crippen LogP) is 3.29. The van der Waals surface area contributed by atoms with E-state index < -0.39 is 17.8 Å². The Morgan fingerprint density at radius 2 is 1.96 bits per heavy atom. The van der Waals surface area contributed by atoms with Crippen molar-refractivity contribution < 1.29 is 22.5 Å². The molecule has 6 nitrogen and oxygen atoms in total. The van der Waals surface area contributed by atoms with Gasteiger partial charge in [-0.3, -0.25) is 0 Å². The van der Waals surface area contributed by atoms with Crippen LogP contribution >= 0.6 is 0 Å². The van der Waals surface area contributed by atoms with Crippen molar-refractivity contribution in [3.05, 3.63) is 41.5 Å². The van der Waals surface area contributed by atoms with E-state index in [1.807, 2.05) is 0 Å². The molecule has 23 heavy (non-hydrogen) atoms. The van der Waals surface area contributed by atoms with Crippen LogP contribution in [-0.2, 0) is 12.7 Å². The highest BCUT2D eigenvalue weighted by Gasteiger charge is 2.30. The fraction of sp³-hybridized carbons (Fsp3) is 0.357. The van der Waals surface area contributed by atoms with Crippen LogP contribution in [-0.4, -0.2) is 16.2 Å². The Balaban J connectivity index is 1.50. The topological polar surface area (TPSA) is 80.1 Å². The summed E-state index contributed by atoms with van der Waals surface area (Å²) in [7, 11) is 0. The normalized spacial score (nSPS) is 14.6. The van der Waals surface area contributed by atoms with E-state index in [2.05, 4.69) is 20.8 Å². The lowest BCUT2D eigenvalue weighted by atomic mass is 10.2. The zero-order chi connectivity index (χ0) is 16.4. The van der Waals surface area contributed by atoms with Crippen LogP contribution in [0.1, 0.15) is 36.0 Å². The smallest absolute Gasteiger partial charge is 0.337 e. The van der Waals surface area contributed by atoms with Crippen LogP contribution in [0.2, 0.25) is 0 Å². The molecule has 1 aromatic heterocycles. The molecule has 0 saturated heterocycles. The summed E-state index contributed by atoms with van der Waals surface area (Å²) in [6, 6.07) is 3.59. The lowest BCUT2D eigenvalue weighted by Gasteiger charge is -2.09. The van der Waals surface area contributed by atoms with Gasteiger partial charge in [0.25, 0.3) is 0 Å². The number of carbonyl (C=O) groups excluding carboxylic acids is 1. The molecule has 0 radical (unpaired) electrons. The molecule has 0 aliphatic heterocycles. The number of aromatic nitrogens is 2. The molecule has 1 heterocycles. The van der Waals surface area contributed by atoms with Crippen molar-refractivity contribution in [3.63, 3.8) is 0 Å². The van der Waals surface area contributed by atoms with E-state index in [-0.39, 0.29) is 18.1 Å². The SMILES string of the molecule is O=C(NCc1nc(C2CC2)no1)Nc1ccc(C(F)(F)F)cc1. The lowest BCUT2D eigenvalue weighted by molar-refractivity contribution is -0.137. The Morgan fingerprint density at radius 3 is 2.57 bits per heavy atom. The Bertz CT molecular complexity index is 693. The third kappa shape index (κ3) is 3.99. The summed E-state index contributed by atoms with van der Waals surface area (Å²) in [5.41, 5.74) is -0.526. The highest BCUT2D eigenvalue weighted by molar-refractivity contribution is 5.89. The maximum absolute atomic E-state index is 12.4. The van der Waals surface area contributed by atoms with Crippen molar-refractivity contribution in [3.8, 4) is 0 Å². The van der Waals surface area contributed by atoms with Crippen molar-refractivity contribution >= 4 is 11.7 Å². The molecule has 1 fully saturated rings. The van der Waals surface area contributed by atoms with E-state index >= 15 is 0 Å². The molecule has 1 aliphatic carbocycles. The largest absolute Gasteiger partial charge is 0.416 e. The summed E-state index contributed by atoms with van der Waals surface area (Å²) in [4.78, 5) is 15.8. The lowest BCUT2D eigenvalue weighted by Crippen LogP contribution is -2.28. The maximum Gasteiger partial charge on any atom is 0.416 e. The number of benzene rings is 1. The van der Waals surface area contributed by atoms with Gasteiger partial charge in [0.2, 0.25) is 5.89 Å². The number of nitrogens with one attached hydrogen (secondary N) is 2. The van der Waals surface area contributed by atoms with Gasteiger partial charge in [-0.05, 0) is 37.1 Å². The Morgan fingerprint density at radius 1 is 1.26 bits per heavy atom. The Hall–Kier alpha value is -2.58. The molecule has 0 spiro atoms. The number of anilines is 1. The molecule has 0 bridgehead atoms. The second kappa shape index (κ2) is 5.90. The molecular weight excluding hydrogens is 313 g/mol. The van der Waals surface area contributed by atoms with Gasteiger partial charge in [-0.15, -0.1) is 0 Å². The number of amides is 2. The van der Waals surface area contributed by atoms with Crippen LogP contribution < -0.4 is 10.6 Å². The molecule has 1 saturated carbocycles. The average Bonchev–Trinajstić information content (AvgIpc) is 3.24. The summed E-state index contributed by atoms with van der Waals surface area (Å²) in [6.45, 7) is 0.0478. The van der Waals surface area contributed by atoms with E-state index in [1.165, 1.54) is 12.1 Å². The molecule has 2 amide bonds. The van der Waals surface area contributed by atoms with Crippen LogP contribution in [0.4, 0.5) is 23.7 Å². The summed E-state index contributed by atoms with van der Waals surface area (Å²) >= 11 is 0. The summed E-state index contributed by atoms with van der Waals surface area (Å²) < 4.78 is 42.3. The zero-order valence-corrected chi connectivity index (χ0v) is 11.9. The van der Waals surface area contributed by atoms with Gasteiger partial charge in [0.05, 0.1) is 12.1 Å². The highest BCUT2D eigenvalue weighted by atomic mass is 19.4. The first-order valence-electron chi connectivity index (χ1n) is 6.96. The van der Waals surface area contributed by atoms with Gasteiger partial charge in [-0.1, -0.05) is 5.16 Å². The Kier molecular flexibility index (Phi) is 3.93. The van der Waals surface area contributed by atoms with Gasteiger partial charge in [-0.25, -0.2) is 4.79 Å². The molecule has 122 valence electrons. The molecule has 1 aromatic carbocycles. The molecule has 0 atom stereocenters. The number of hydrogen-bond donors (Lipinski definition) is 2. The summed E-state index contributed by atoms with van der Waals surface area (Å²) in [6.07, 6.45) is -2.32. The number of hydrogen-bond acceptors (Lipinski definition) is 4. The monoisotopic (exact) mass is 326 g/mol. The van der Waals surface area contributed by atoms with Gasteiger partial charge >= 0.3 is 12.2 Å². The molecule has 2 aromatic rings. The van der Waals surface area contributed by atoms with Gasteiger partial charge in [-0.2, -0.15) is 18.2 Å². The van der Waals surface area contributed by atoms with E-state index in [4.69, 9.17) is 4.52 Å². The van der Waals surface area contributed by atoms with E-state index in [0.717, 1.165) is 25.0 Å². The van der Waals surface area contributed by atoms with Crippen LogP contribution in [0.5, 0.6) is 0 Å². The van der Waals surface area contributed by atoms with Crippen LogP contribution in [0, 0.1) is 0 Å². The predicted molar refractivity (Wildman–Crippen MR) is 73.6 cm³/mol. The Labute approximate surface area is 129 Å². The molecule has 9 heteroatoms. The zero-order valence-electron chi connectivity index (χ0n) is 11.9. The molecular formula is C14H13F3N4O2. The first-order chi connectivity index (χ1) is 10.9.